The number of carbonyl (C=O) groups excluding carboxylic acids is 6. The predicted molar refractivity (Wildman–Crippen MR) is 196 cm³/mol. The van der Waals surface area contributed by atoms with E-state index in [2.05, 4.69) is 4.74 Å². The Kier molecular flexibility index (Phi) is 22.5. The van der Waals surface area contributed by atoms with Gasteiger partial charge in [0.1, 0.15) is 23.1 Å². The van der Waals surface area contributed by atoms with Crippen LogP contribution in [0.25, 0.3) is 0 Å². The second-order valence-corrected chi connectivity index (χ2v) is 14.3. The van der Waals surface area contributed by atoms with Crippen LogP contribution in [0.4, 0.5) is 0 Å². The highest BCUT2D eigenvalue weighted by atomic mass is 16.5. The van der Waals surface area contributed by atoms with Crippen molar-refractivity contribution >= 4 is 35.1 Å². The molecule has 8 heteroatoms. The quantitative estimate of drug-likeness (QED) is 0.170. The summed E-state index contributed by atoms with van der Waals surface area (Å²) in [5.41, 5.74) is 1.19. The minimum absolute atomic E-state index is 0.0208. The van der Waals surface area contributed by atoms with Crippen molar-refractivity contribution < 1.29 is 38.2 Å². The number of ether oxygens (including phenoxy) is 2. The van der Waals surface area contributed by atoms with E-state index in [9.17, 15) is 28.8 Å². The van der Waals surface area contributed by atoms with Crippen LogP contribution in [0.5, 0.6) is 0 Å². The fraction of sp³-hybridized carbons (Fsp3) is 0.561. The molecule has 49 heavy (non-hydrogen) atoms. The van der Waals surface area contributed by atoms with Crippen LogP contribution in [0.2, 0.25) is 0 Å². The molecule has 2 rings (SSSR count). The highest BCUT2D eigenvalue weighted by Gasteiger charge is 2.29. The lowest BCUT2D eigenvalue weighted by Gasteiger charge is -2.20. The first-order chi connectivity index (χ1) is 22.5. The average Bonchev–Trinajstić information content (AvgIpc) is 3.04. The summed E-state index contributed by atoms with van der Waals surface area (Å²) in [6, 6.07) is 19.2. The molecule has 0 aromatic heterocycles. The zero-order chi connectivity index (χ0) is 38.5. The Balaban J connectivity index is 0. The van der Waals surface area contributed by atoms with Crippen molar-refractivity contribution in [2.75, 3.05) is 13.7 Å². The van der Waals surface area contributed by atoms with Gasteiger partial charge in [-0.2, -0.15) is 0 Å². The van der Waals surface area contributed by atoms with Crippen molar-refractivity contribution in [2.45, 2.75) is 115 Å². The van der Waals surface area contributed by atoms with Crippen LogP contribution >= 0.6 is 0 Å². The number of rotatable bonds is 11. The highest BCUT2D eigenvalue weighted by molar-refractivity contribution is 6.03. The summed E-state index contributed by atoms with van der Waals surface area (Å²) in [6.45, 7) is 23.8. The summed E-state index contributed by atoms with van der Waals surface area (Å²) in [6.07, 6.45) is 0.748. The zero-order valence-electron chi connectivity index (χ0n) is 32.5. The van der Waals surface area contributed by atoms with Gasteiger partial charge in [0.05, 0.1) is 32.0 Å². The van der Waals surface area contributed by atoms with Crippen LogP contribution in [0.3, 0.4) is 0 Å². The van der Waals surface area contributed by atoms with Crippen molar-refractivity contribution in [1.82, 2.24) is 0 Å². The van der Waals surface area contributed by atoms with Gasteiger partial charge < -0.3 is 9.47 Å². The molecule has 0 spiro atoms. The average molecular weight is 683 g/mol. The molecule has 0 saturated heterocycles. The summed E-state index contributed by atoms with van der Waals surface area (Å²) >= 11 is 0. The van der Waals surface area contributed by atoms with E-state index in [1.807, 2.05) is 137 Å². The van der Waals surface area contributed by atoms with Crippen molar-refractivity contribution in [2.24, 2.45) is 22.7 Å². The fourth-order valence-corrected chi connectivity index (χ4v) is 3.74. The first-order valence-corrected chi connectivity index (χ1v) is 16.9. The Morgan fingerprint density at radius 1 is 0.592 bits per heavy atom. The summed E-state index contributed by atoms with van der Waals surface area (Å²) in [5.74, 6) is -0.272. The zero-order valence-corrected chi connectivity index (χ0v) is 32.5. The second kappa shape index (κ2) is 23.4. The van der Waals surface area contributed by atoms with E-state index >= 15 is 0 Å². The summed E-state index contributed by atoms with van der Waals surface area (Å²) in [4.78, 5) is 67.0. The van der Waals surface area contributed by atoms with Gasteiger partial charge in [-0.25, -0.2) is 0 Å². The van der Waals surface area contributed by atoms with Gasteiger partial charge >= 0.3 is 11.9 Å². The van der Waals surface area contributed by atoms with Gasteiger partial charge in [0.2, 0.25) is 0 Å². The van der Waals surface area contributed by atoms with Gasteiger partial charge in [0, 0.05) is 22.7 Å². The number of carbonyl (C=O) groups is 6. The van der Waals surface area contributed by atoms with Gasteiger partial charge in [-0.05, 0) is 52.2 Å². The number of ketones is 4. The number of methoxy groups -OCH3 is 1. The van der Waals surface area contributed by atoms with Crippen LogP contribution in [-0.4, -0.2) is 48.8 Å². The number of benzene rings is 2. The van der Waals surface area contributed by atoms with Crippen molar-refractivity contribution in [3.05, 3.63) is 71.8 Å². The Labute approximate surface area is 295 Å². The molecule has 0 aliphatic heterocycles. The maximum absolute atomic E-state index is 11.5. The van der Waals surface area contributed by atoms with E-state index in [1.54, 1.807) is 13.8 Å². The molecule has 0 aliphatic rings. The molecule has 0 amide bonds. The Bertz CT molecular complexity index is 1260. The molecule has 2 aromatic carbocycles. The maximum atomic E-state index is 11.5. The number of hydrogen-bond donors (Lipinski definition) is 0. The molecule has 0 bridgehead atoms. The van der Waals surface area contributed by atoms with Gasteiger partial charge in [0.25, 0.3) is 0 Å². The third-order valence-electron chi connectivity index (χ3n) is 7.88. The van der Waals surface area contributed by atoms with Gasteiger partial charge in [-0.3, -0.25) is 28.8 Å². The molecule has 0 N–H and O–H groups in total. The van der Waals surface area contributed by atoms with Gasteiger partial charge in [-0.15, -0.1) is 0 Å². The summed E-state index contributed by atoms with van der Waals surface area (Å²) < 4.78 is 9.55. The van der Waals surface area contributed by atoms with Crippen LogP contribution in [0, 0.1) is 22.7 Å². The molecule has 274 valence electrons. The monoisotopic (exact) mass is 682 g/mol. The van der Waals surface area contributed by atoms with E-state index in [1.165, 1.54) is 7.11 Å². The molecule has 2 aromatic rings. The first-order valence-electron chi connectivity index (χ1n) is 16.9. The summed E-state index contributed by atoms with van der Waals surface area (Å²) in [5, 5.41) is 0. The number of hydrogen-bond acceptors (Lipinski definition) is 8. The van der Waals surface area contributed by atoms with Crippen LogP contribution in [-0.2, 0) is 38.2 Å². The smallest absolute Gasteiger partial charge is 0.313 e. The molecule has 0 aliphatic carbocycles. The molecule has 0 fully saturated rings. The SMILES string of the molecule is CC(=O)C(C)CC(C)C(C)=O.CC(C)(C)C(=O)CC(=O)C(C)(C)C.CCOC(=O)C(C)c1ccccc1.COC(=O)C(C)c1ccccc1. The Morgan fingerprint density at radius 2 is 0.918 bits per heavy atom. The predicted octanol–water partition coefficient (Wildman–Crippen LogP) is 8.75. The second-order valence-electron chi connectivity index (χ2n) is 14.3. The lowest BCUT2D eigenvalue weighted by molar-refractivity contribution is -0.144. The van der Waals surface area contributed by atoms with Crippen LogP contribution in [0.1, 0.15) is 126 Å². The van der Waals surface area contributed by atoms with E-state index in [4.69, 9.17) is 4.74 Å². The van der Waals surface area contributed by atoms with Crippen molar-refractivity contribution in [3.63, 3.8) is 0 Å². The summed E-state index contributed by atoms with van der Waals surface area (Å²) in [7, 11) is 1.40. The minimum atomic E-state index is -0.402. The molecular weight excluding hydrogens is 620 g/mol. The van der Waals surface area contributed by atoms with Crippen molar-refractivity contribution in [1.29, 1.82) is 0 Å². The van der Waals surface area contributed by atoms with E-state index in [0.29, 0.717) is 13.0 Å². The molecule has 8 nitrogen and oxygen atoms in total. The van der Waals surface area contributed by atoms with Crippen LogP contribution < -0.4 is 0 Å². The third-order valence-corrected chi connectivity index (χ3v) is 7.88. The standard InChI is InChI=1S/C11H14O2.C11H20O2.C10H12O2.C9H16O2/c1-3-13-11(12)9(2)10-7-5-4-6-8-10;1-10(2,3)8(12)7-9(13)11(4,5)6;1-8(10(11)12-2)9-6-4-3-5-7-9;1-6(8(3)10)5-7(2)9(4)11/h4-9H,3H2,1-2H3;7H2,1-6H3;3-8H,1-2H3;6-7H,5H2,1-4H3. The fourth-order valence-electron chi connectivity index (χ4n) is 3.74. The third kappa shape index (κ3) is 20.9. The Hall–Kier alpha value is -3.94. The van der Waals surface area contributed by atoms with E-state index in [0.717, 1.165) is 11.1 Å². The number of Topliss-reactive ketones (excluding diaryl/α,β-unsaturated/α-hetero) is 4. The van der Waals surface area contributed by atoms with E-state index < -0.39 is 10.8 Å². The first kappa shape index (κ1) is 47.2. The van der Waals surface area contributed by atoms with E-state index in [-0.39, 0.29) is 65.2 Å². The van der Waals surface area contributed by atoms with Crippen molar-refractivity contribution in [3.8, 4) is 0 Å². The largest absolute Gasteiger partial charge is 0.469 e. The minimum Gasteiger partial charge on any atom is -0.469 e. The van der Waals surface area contributed by atoms with Crippen LogP contribution in [0.15, 0.2) is 60.7 Å². The topological polar surface area (TPSA) is 121 Å². The number of esters is 2. The normalized spacial score (nSPS) is 13.1. The molecule has 0 saturated carbocycles. The Morgan fingerprint density at radius 3 is 1.18 bits per heavy atom. The highest BCUT2D eigenvalue weighted by Crippen LogP contribution is 2.23. The maximum Gasteiger partial charge on any atom is 0.313 e. The molecule has 0 heterocycles. The molecule has 0 radical (unpaired) electrons. The molecular formula is C41H62O8. The molecule has 4 atom stereocenters. The molecule has 4 unspecified atom stereocenters. The van der Waals surface area contributed by atoms with Gasteiger partial charge in [-0.1, -0.05) is 116 Å². The van der Waals surface area contributed by atoms with Gasteiger partial charge in [0.15, 0.2) is 0 Å². The lowest BCUT2D eigenvalue weighted by atomic mass is 9.82. The lowest BCUT2D eigenvalue weighted by Crippen LogP contribution is -2.28.